The zero-order chi connectivity index (χ0) is 14.0. The van der Waals surface area contributed by atoms with Gasteiger partial charge in [0, 0.05) is 17.0 Å². The van der Waals surface area contributed by atoms with Gasteiger partial charge in [-0.25, -0.2) is 9.97 Å². The zero-order valence-electron chi connectivity index (χ0n) is 10.1. The van der Waals surface area contributed by atoms with Gasteiger partial charge in [-0.2, -0.15) is 13.2 Å². The molecule has 0 aliphatic rings. The van der Waals surface area contributed by atoms with Gasteiger partial charge in [0.25, 0.3) is 0 Å². The van der Waals surface area contributed by atoms with E-state index >= 15 is 0 Å². The Morgan fingerprint density at radius 2 is 2.00 bits per heavy atom. The van der Waals surface area contributed by atoms with Crippen LogP contribution in [0.25, 0.3) is 10.9 Å². The summed E-state index contributed by atoms with van der Waals surface area (Å²) in [5.41, 5.74) is 0.213. The average molecular weight is 290 g/mol. The molecule has 3 nitrogen and oxygen atoms in total. The van der Waals surface area contributed by atoms with Crippen LogP contribution in [0.2, 0.25) is 5.02 Å². The second-order valence-electron chi connectivity index (χ2n) is 3.98. The Labute approximate surface area is 112 Å². The molecule has 1 N–H and O–H groups in total. The normalized spacial score (nSPS) is 11.8. The highest BCUT2D eigenvalue weighted by atomic mass is 35.5. The fourth-order valence-corrected chi connectivity index (χ4v) is 1.78. The minimum atomic E-state index is -4.57. The predicted octanol–water partition coefficient (Wildman–Crippen LogP) is 4.12. The van der Waals surface area contributed by atoms with E-state index in [2.05, 4.69) is 15.3 Å². The lowest BCUT2D eigenvalue weighted by Crippen LogP contribution is -2.14. The molecule has 0 radical (unpaired) electrons. The topological polar surface area (TPSA) is 37.8 Å². The van der Waals surface area contributed by atoms with Crippen LogP contribution in [0.1, 0.15) is 19.2 Å². The van der Waals surface area contributed by atoms with Gasteiger partial charge in [-0.1, -0.05) is 18.5 Å². The molecule has 0 saturated heterocycles. The summed E-state index contributed by atoms with van der Waals surface area (Å²) in [5.74, 6) is -0.998. The molecular weight excluding hydrogens is 279 g/mol. The molecule has 1 aromatic carbocycles. The number of alkyl halides is 3. The number of nitrogens with zero attached hydrogens (tertiary/aromatic N) is 2. The summed E-state index contributed by atoms with van der Waals surface area (Å²) in [7, 11) is 0. The molecule has 0 unspecified atom stereocenters. The van der Waals surface area contributed by atoms with Gasteiger partial charge < -0.3 is 5.32 Å². The Kier molecular flexibility index (Phi) is 3.80. The lowest BCUT2D eigenvalue weighted by atomic mass is 10.2. The van der Waals surface area contributed by atoms with E-state index < -0.39 is 12.0 Å². The van der Waals surface area contributed by atoms with Crippen molar-refractivity contribution in [2.24, 2.45) is 0 Å². The Balaban J connectivity index is 2.62. The molecule has 0 amide bonds. The van der Waals surface area contributed by atoms with Crippen LogP contribution < -0.4 is 5.32 Å². The first kappa shape index (κ1) is 13.9. The van der Waals surface area contributed by atoms with Gasteiger partial charge in [-0.05, 0) is 24.6 Å². The molecule has 0 aliphatic carbocycles. The first-order chi connectivity index (χ1) is 8.91. The number of rotatable bonds is 3. The molecule has 7 heteroatoms. The average Bonchev–Trinajstić information content (AvgIpc) is 2.34. The quantitative estimate of drug-likeness (QED) is 0.923. The molecule has 1 aromatic heterocycles. The van der Waals surface area contributed by atoms with Crippen LogP contribution in [0, 0.1) is 0 Å². The Hall–Kier alpha value is -1.56. The fourth-order valence-electron chi connectivity index (χ4n) is 1.61. The van der Waals surface area contributed by atoms with E-state index in [-0.39, 0.29) is 11.3 Å². The third-order valence-corrected chi connectivity index (χ3v) is 2.69. The first-order valence-electron chi connectivity index (χ1n) is 5.70. The molecule has 0 saturated carbocycles. The van der Waals surface area contributed by atoms with Crippen molar-refractivity contribution in [3.8, 4) is 0 Å². The van der Waals surface area contributed by atoms with E-state index in [4.69, 9.17) is 11.6 Å². The number of anilines is 1. The van der Waals surface area contributed by atoms with Crippen molar-refractivity contribution >= 4 is 28.3 Å². The van der Waals surface area contributed by atoms with E-state index in [1.54, 1.807) is 6.07 Å². The van der Waals surface area contributed by atoms with Gasteiger partial charge in [0.05, 0.1) is 5.52 Å². The third-order valence-electron chi connectivity index (χ3n) is 2.45. The van der Waals surface area contributed by atoms with Gasteiger partial charge in [-0.15, -0.1) is 0 Å². The molecule has 0 atom stereocenters. The maximum Gasteiger partial charge on any atom is 0.451 e. The number of aromatic nitrogens is 2. The van der Waals surface area contributed by atoms with Crippen LogP contribution in [0.4, 0.5) is 19.0 Å². The summed E-state index contributed by atoms with van der Waals surface area (Å²) < 4.78 is 38.2. The minimum Gasteiger partial charge on any atom is -0.369 e. The van der Waals surface area contributed by atoms with Crippen LogP contribution in [-0.2, 0) is 6.18 Å². The lowest BCUT2D eigenvalue weighted by Gasteiger charge is -2.12. The van der Waals surface area contributed by atoms with Crippen LogP contribution in [0.5, 0.6) is 0 Å². The zero-order valence-corrected chi connectivity index (χ0v) is 10.8. The van der Waals surface area contributed by atoms with Crippen molar-refractivity contribution in [1.29, 1.82) is 0 Å². The van der Waals surface area contributed by atoms with Crippen molar-refractivity contribution in [3.63, 3.8) is 0 Å². The maximum absolute atomic E-state index is 12.7. The Morgan fingerprint density at radius 3 is 2.63 bits per heavy atom. The van der Waals surface area contributed by atoms with Gasteiger partial charge in [0.2, 0.25) is 5.82 Å². The van der Waals surface area contributed by atoms with E-state index in [1.165, 1.54) is 12.1 Å². The van der Waals surface area contributed by atoms with Gasteiger partial charge >= 0.3 is 6.18 Å². The molecule has 1 heterocycles. The first-order valence-corrected chi connectivity index (χ1v) is 6.08. The SMILES string of the molecule is CCCNc1nc(C(F)(F)F)nc2ccc(Cl)cc12. The number of hydrogen-bond donors (Lipinski definition) is 1. The highest BCUT2D eigenvalue weighted by molar-refractivity contribution is 6.31. The van der Waals surface area contributed by atoms with Crippen LogP contribution in [0.3, 0.4) is 0 Å². The molecule has 0 fully saturated rings. The molecule has 0 spiro atoms. The Morgan fingerprint density at radius 1 is 1.26 bits per heavy atom. The minimum absolute atomic E-state index is 0.154. The summed E-state index contributed by atoms with van der Waals surface area (Å²) in [6, 6.07) is 4.50. The standard InChI is InChI=1S/C12H11ClF3N3/c1-2-5-17-10-8-6-7(13)3-4-9(8)18-11(19-10)12(14,15)16/h3-4,6H,2,5H2,1H3,(H,17,18,19). The second-order valence-corrected chi connectivity index (χ2v) is 4.42. The number of nitrogens with one attached hydrogen (secondary N) is 1. The number of hydrogen-bond acceptors (Lipinski definition) is 3. The smallest absolute Gasteiger partial charge is 0.369 e. The molecule has 19 heavy (non-hydrogen) atoms. The Bertz CT molecular complexity index is 599. The van der Waals surface area contributed by atoms with Crippen LogP contribution in [-0.4, -0.2) is 16.5 Å². The molecule has 102 valence electrons. The number of benzene rings is 1. The maximum atomic E-state index is 12.7. The largest absolute Gasteiger partial charge is 0.451 e. The van der Waals surface area contributed by atoms with Crippen molar-refractivity contribution in [2.75, 3.05) is 11.9 Å². The predicted molar refractivity (Wildman–Crippen MR) is 68.3 cm³/mol. The van der Waals surface area contributed by atoms with E-state index in [9.17, 15) is 13.2 Å². The molecule has 0 aliphatic heterocycles. The number of halogens is 4. The highest BCUT2D eigenvalue weighted by Gasteiger charge is 2.35. The monoisotopic (exact) mass is 289 g/mol. The van der Waals surface area contributed by atoms with E-state index in [1.807, 2.05) is 6.92 Å². The van der Waals surface area contributed by atoms with Crippen molar-refractivity contribution in [2.45, 2.75) is 19.5 Å². The lowest BCUT2D eigenvalue weighted by molar-refractivity contribution is -0.144. The summed E-state index contributed by atoms with van der Waals surface area (Å²) in [4.78, 5) is 7.07. The van der Waals surface area contributed by atoms with Crippen LogP contribution in [0.15, 0.2) is 18.2 Å². The second kappa shape index (κ2) is 5.21. The van der Waals surface area contributed by atoms with Gasteiger partial charge in [0.1, 0.15) is 5.82 Å². The van der Waals surface area contributed by atoms with Crippen molar-refractivity contribution in [3.05, 3.63) is 29.0 Å². The molecular formula is C12H11ClF3N3. The van der Waals surface area contributed by atoms with Crippen molar-refractivity contribution < 1.29 is 13.2 Å². The third kappa shape index (κ3) is 3.07. The summed E-state index contributed by atoms with van der Waals surface area (Å²) in [6.07, 6.45) is -3.80. The summed E-state index contributed by atoms with van der Waals surface area (Å²) in [6.45, 7) is 2.43. The van der Waals surface area contributed by atoms with E-state index in [0.29, 0.717) is 17.0 Å². The van der Waals surface area contributed by atoms with E-state index in [0.717, 1.165) is 6.42 Å². The van der Waals surface area contributed by atoms with Crippen LogP contribution >= 0.6 is 11.6 Å². The molecule has 2 aromatic rings. The number of fused-ring (bicyclic) bond motifs is 1. The fraction of sp³-hybridized carbons (Fsp3) is 0.333. The van der Waals surface area contributed by atoms with Crippen molar-refractivity contribution in [1.82, 2.24) is 9.97 Å². The molecule has 0 bridgehead atoms. The molecule has 2 rings (SSSR count). The highest BCUT2D eigenvalue weighted by Crippen LogP contribution is 2.31. The summed E-state index contributed by atoms with van der Waals surface area (Å²) in [5, 5.41) is 3.77. The van der Waals surface area contributed by atoms with Gasteiger partial charge in [-0.3, -0.25) is 0 Å². The summed E-state index contributed by atoms with van der Waals surface area (Å²) >= 11 is 5.85. The van der Waals surface area contributed by atoms with Gasteiger partial charge in [0.15, 0.2) is 0 Å².